The molecule has 0 amide bonds. The van der Waals surface area contributed by atoms with Gasteiger partial charge in [-0.15, -0.1) is 0 Å². The molecule has 0 aromatic heterocycles. The van der Waals surface area contributed by atoms with Crippen LogP contribution in [-0.4, -0.2) is 42.7 Å². The molecule has 1 unspecified atom stereocenters. The second-order valence-corrected chi connectivity index (χ2v) is 5.16. The summed E-state index contributed by atoms with van der Waals surface area (Å²) in [5.74, 6) is 1.20. The highest BCUT2D eigenvalue weighted by atomic mass is 32.2. The zero-order valence-corrected chi connectivity index (χ0v) is 12.7. The van der Waals surface area contributed by atoms with Crippen LogP contribution in [0.4, 0.5) is 4.39 Å². The van der Waals surface area contributed by atoms with Gasteiger partial charge in [0.15, 0.2) is 5.96 Å². The van der Waals surface area contributed by atoms with Gasteiger partial charge in [0.2, 0.25) is 0 Å². The lowest BCUT2D eigenvalue weighted by Crippen LogP contribution is -2.38. The highest BCUT2D eigenvalue weighted by Gasteiger charge is 2.11. The van der Waals surface area contributed by atoms with E-state index in [1.54, 1.807) is 30.0 Å². The van der Waals surface area contributed by atoms with Crippen molar-refractivity contribution in [3.05, 3.63) is 35.6 Å². The number of nitrogens with one attached hydrogen (secondary N) is 2. The minimum atomic E-state index is -0.938. The van der Waals surface area contributed by atoms with Crippen molar-refractivity contribution >= 4 is 17.7 Å². The van der Waals surface area contributed by atoms with Gasteiger partial charge in [-0.2, -0.15) is 11.8 Å². The molecule has 0 fully saturated rings. The molecule has 6 heteroatoms. The Bertz CT molecular complexity index is 429. The fourth-order valence-corrected chi connectivity index (χ4v) is 1.94. The minimum absolute atomic E-state index is 0.121. The summed E-state index contributed by atoms with van der Waals surface area (Å²) in [6.07, 6.45) is 1.10. The van der Waals surface area contributed by atoms with Gasteiger partial charge >= 0.3 is 0 Å². The number of hydrogen-bond donors (Lipinski definition) is 3. The molecule has 0 saturated heterocycles. The van der Waals surface area contributed by atoms with E-state index in [4.69, 9.17) is 0 Å². The van der Waals surface area contributed by atoms with Crippen molar-refractivity contribution < 1.29 is 9.50 Å². The van der Waals surface area contributed by atoms with E-state index < -0.39 is 11.9 Å². The summed E-state index contributed by atoms with van der Waals surface area (Å²) >= 11 is 1.74. The summed E-state index contributed by atoms with van der Waals surface area (Å²) in [6.45, 7) is 3.62. The minimum Gasteiger partial charge on any atom is -0.386 e. The number of nitrogens with zero attached hydrogens (tertiary/aromatic N) is 1. The quantitative estimate of drug-likeness (QED) is 0.408. The summed E-state index contributed by atoms with van der Waals surface area (Å²) in [5.41, 5.74) is 0.274. The molecule has 112 valence electrons. The molecule has 20 heavy (non-hydrogen) atoms. The van der Waals surface area contributed by atoms with E-state index in [1.165, 1.54) is 6.07 Å². The molecule has 0 saturated carbocycles. The second kappa shape index (κ2) is 9.61. The van der Waals surface area contributed by atoms with E-state index in [1.807, 2.05) is 13.2 Å². The van der Waals surface area contributed by atoms with Gasteiger partial charge < -0.3 is 15.7 Å². The van der Waals surface area contributed by atoms with Crippen molar-refractivity contribution in [2.45, 2.75) is 13.0 Å². The number of aliphatic hydroxyl groups excluding tert-OH is 1. The lowest BCUT2D eigenvalue weighted by atomic mass is 10.1. The monoisotopic (exact) mass is 299 g/mol. The van der Waals surface area contributed by atoms with Crippen LogP contribution in [0.15, 0.2) is 29.3 Å². The van der Waals surface area contributed by atoms with Gasteiger partial charge in [0.25, 0.3) is 0 Å². The lowest BCUT2D eigenvalue weighted by Gasteiger charge is -2.13. The number of benzene rings is 1. The molecule has 1 aromatic rings. The number of aliphatic hydroxyl groups is 1. The molecular formula is C14H22FN3OS. The van der Waals surface area contributed by atoms with Gasteiger partial charge in [0, 0.05) is 24.4 Å². The number of guanidine groups is 1. The van der Waals surface area contributed by atoms with Crippen molar-refractivity contribution in [2.75, 3.05) is 31.6 Å². The van der Waals surface area contributed by atoms with Crippen LogP contribution in [0, 0.1) is 5.82 Å². The van der Waals surface area contributed by atoms with Gasteiger partial charge in [0.1, 0.15) is 11.9 Å². The lowest BCUT2D eigenvalue weighted by molar-refractivity contribution is 0.182. The Kier molecular flexibility index (Phi) is 8.06. The number of thioether (sulfide) groups is 1. The summed E-state index contributed by atoms with van der Waals surface area (Å²) < 4.78 is 13.5. The largest absolute Gasteiger partial charge is 0.386 e. The van der Waals surface area contributed by atoms with Crippen LogP contribution in [0.2, 0.25) is 0 Å². The molecule has 1 rings (SSSR count). The highest BCUT2D eigenvalue weighted by molar-refractivity contribution is 7.98. The average molecular weight is 299 g/mol. The highest BCUT2D eigenvalue weighted by Crippen LogP contribution is 2.16. The SMILES string of the molecule is CCNC(=NCC(O)c1ccccc1F)NCCSC. The maximum Gasteiger partial charge on any atom is 0.191 e. The van der Waals surface area contributed by atoms with Crippen LogP contribution in [0.3, 0.4) is 0 Å². The van der Waals surface area contributed by atoms with E-state index in [-0.39, 0.29) is 12.1 Å². The summed E-state index contributed by atoms with van der Waals surface area (Å²) in [7, 11) is 0. The van der Waals surface area contributed by atoms with E-state index in [0.29, 0.717) is 5.96 Å². The molecule has 0 radical (unpaired) electrons. The van der Waals surface area contributed by atoms with Crippen molar-refractivity contribution in [3.8, 4) is 0 Å². The summed E-state index contributed by atoms with van der Waals surface area (Å²) in [6, 6.07) is 6.21. The van der Waals surface area contributed by atoms with E-state index in [2.05, 4.69) is 15.6 Å². The van der Waals surface area contributed by atoms with Gasteiger partial charge in [-0.1, -0.05) is 18.2 Å². The molecule has 1 atom stereocenters. The smallest absolute Gasteiger partial charge is 0.191 e. The van der Waals surface area contributed by atoms with Crippen LogP contribution >= 0.6 is 11.8 Å². The Balaban J connectivity index is 2.59. The molecule has 0 aliphatic rings. The van der Waals surface area contributed by atoms with Crippen LogP contribution in [0.5, 0.6) is 0 Å². The first-order valence-electron chi connectivity index (χ1n) is 6.62. The Morgan fingerprint density at radius 3 is 2.80 bits per heavy atom. The van der Waals surface area contributed by atoms with Crippen LogP contribution < -0.4 is 10.6 Å². The zero-order valence-electron chi connectivity index (χ0n) is 11.9. The predicted octanol–water partition coefficient (Wildman–Crippen LogP) is 1.78. The normalized spacial score (nSPS) is 13.1. The number of halogens is 1. The van der Waals surface area contributed by atoms with Crippen LogP contribution in [0.25, 0.3) is 0 Å². The van der Waals surface area contributed by atoms with Gasteiger partial charge in [-0.3, -0.25) is 4.99 Å². The van der Waals surface area contributed by atoms with E-state index in [0.717, 1.165) is 18.8 Å². The van der Waals surface area contributed by atoms with Gasteiger partial charge in [-0.25, -0.2) is 4.39 Å². The summed E-state index contributed by atoms with van der Waals surface area (Å²) in [5, 5.41) is 16.2. The Morgan fingerprint density at radius 1 is 1.40 bits per heavy atom. The Labute approximate surface area is 123 Å². The molecule has 1 aromatic carbocycles. The Morgan fingerprint density at radius 2 is 2.15 bits per heavy atom. The molecule has 0 bridgehead atoms. The molecular weight excluding hydrogens is 277 g/mol. The van der Waals surface area contributed by atoms with E-state index in [9.17, 15) is 9.50 Å². The molecule has 4 nitrogen and oxygen atoms in total. The fourth-order valence-electron chi connectivity index (χ4n) is 1.63. The maximum atomic E-state index is 13.5. The van der Waals surface area contributed by atoms with Crippen molar-refractivity contribution in [1.29, 1.82) is 0 Å². The number of aliphatic imine (C=N–C) groups is 1. The summed E-state index contributed by atoms with van der Waals surface area (Å²) in [4.78, 5) is 4.27. The van der Waals surface area contributed by atoms with Gasteiger partial charge in [-0.05, 0) is 19.2 Å². The third-order valence-corrected chi connectivity index (χ3v) is 3.24. The fraction of sp³-hybridized carbons (Fsp3) is 0.500. The van der Waals surface area contributed by atoms with E-state index >= 15 is 0 Å². The third kappa shape index (κ3) is 5.79. The van der Waals surface area contributed by atoms with Gasteiger partial charge in [0.05, 0.1) is 6.54 Å². The predicted molar refractivity (Wildman–Crippen MR) is 83.7 cm³/mol. The standard InChI is InChI=1S/C14H22FN3OS/c1-3-16-14(17-8-9-20-2)18-10-13(19)11-6-4-5-7-12(11)15/h4-7,13,19H,3,8-10H2,1-2H3,(H2,16,17,18). The van der Waals surface area contributed by atoms with Crippen LogP contribution in [0.1, 0.15) is 18.6 Å². The Hall–Kier alpha value is -1.27. The molecule has 0 spiro atoms. The molecule has 0 aliphatic carbocycles. The third-order valence-electron chi connectivity index (χ3n) is 2.63. The first-order chi connectivity index (χ1) is 9.69. The first-order valence-corrected chi connectivity index (χ1v) is 8.02. The first kappa shape index (κ1) is 16.8. The van der Waals surface area contributed by atoms with Crippen molar-refractivity contribution in [3.63, 3.8) is 0 Å². The second-order valence-electron chi connectivity index (χ2n) is 4.18. The molecule has 0 heterocycles. The topological polar surface area (TPSA) is 56.7 Å². The van der Waals surface area contributed by atoms with Crippen LogP contribution in [-0.2, 0) is 0 Å². The number of rotatable bonds is 7. The van der Waals surface area contributed by atoms with Crippen molar-refractivity contribution in [1.82, 2.24) is 10.6 Å². The average Bonchev–Trinajstić information content (AvgIpc) is 2.45. The number of hydrogen-bond acceptors (Lipinski definition) is 3. The maximum absolute atomic E-state index is 13.5. The zero-order chi connectivity index (χ0) is 14.8. The molecule has 3 N–H and O–H groups in total. The molecule has 0 aliphatic heterocycles. The van der Waals surface area contributed by atoms with Crippen molar-refractivity contribution in [2.24, 2.45) is 4.99 Å².